The van der Waals surface area contributed by atoms with Crippen LogP contribution in [0.1, 0.15) is 23.1 Å². The van der Waals surface area contributed by atoms with Crippen molar-refractivity contribution in [1.29, 1.82) is 0 Å². The molecule has 3 heteroatoms. The maximum Gasteiger partial charge on any atom is 0.340 e. The number of hydrogen-bond donors (Lipinski definition) is 1. The molecule has 0 aromatic heterocycles. The van der Waals surface area contributed by atoms with Crippen molar-refractivity contribution >= 4 is 11.5 Å². The summed E-state index contributed by atoms with van der Waals surface area (Å²) >= 11 is 0. The van der Waals surface area contributed by atoms with Gasteiger partial charge in [0.2, 0.25) is 0 Å². The van der Waals surface area contributed by atoms with Gasteiger partial charge in [-0.1, -0.05) is 42.5 Å². The number of carboxylic acid groups (broad SMARTS) is 1. The Bertz CT molecular complexity index is 496. The van der Waals surface area contributed by atoms with Crippen molar-refractivity contribution in [2.75, 3.05) is 7.11 Å². The van der Waals surface area contributed by atoms with Crippen molar-refractivity contribution in [3.8, 4) is 0 Å². The predicted octanol–water partition coefficient (Wildman–Crippen LogP) is 3.36. The fraction of sp³-hybridized carbons (Fsp3) is 0.312. The lowest BCUT2D eigenvalue weighted by Crippen LogP contribution is -2.38. The number of carbonyl (C=O) groups is 1. The number of rotatable bonds is 6. The van der Waals surface area contributed by atoms with E-state index in [1.165, 1.54) is 13.2 Å². The summed E-state index contributed by atoms with van der Waals surface area (Å²) in [5, 5.41) is 9.29. The highest BCUT2D eigenvalue weighted by Crippen LogP contribution is 2.28. The molecular formula is C16H20O3. The maximum atomic E-state index is 11.3. The van der Waals surface area contributed by atoms with E-state index in [1.54, 1.807) is 0 Å². The van der Waals surface area contributed by atoms with Gasteiger partial charge >= 0.3 is 5.97 Å². The number of aliphatic carboxylic acids is 1. The van der Waals surface area contributed by atoms with Crippen molar-refractivity contribution in [2.45, 2.75) is 25.9 Å². The Morgan fingerprint density at radius 1 is 1.37 bits per heavy atom. The van der Waals surface area contributed by atoms with Crippen LogP contribution in [0.25, 0.3) is 5.57 Å². The van der Waals surface area contributed by atoms with E-state index in [0.717, 1.165) is 22.3 Å². The summed E-state index contributed by atoms with van der Waals surface area (Å²) in [6, 6.07) is 6.03. The van der Waals surface area contributed by atoms with Crippen LogP contribution >= 0.6 is 0 Å². The van der Waals surface area contributed by atoms with E-state index >= 15 is 0 Å². The molecule has 0 radical (unpaired) electrons. The first-order valence-corrected chi connectivity index (χ1v) is 6.03. The average Bonchev–Trinajstić information content (AvgIpc) is 2.34. The summed E-state index contributed by atoms with van der Waals surface area (Å²) in [5.41, 5.74) is 2.47. The van der Waals surface area contributed by atoms with Crippen molar-refractivity contribution < 1.29 is 14.6 Å². The first kappa shape index (κ1) is 15.2. The van der Waals surface area contributed by atoms with Crippen LogP contribution in [0.3, 0.4) is 0 Å². The zero-order valence-electron chi connectivity index (χ0n) is 11.7. The lowest BCUT2D eigenvalue weighted by Gasteiger charge is -2.25. The van der Waals surface area contributed by atoms with Gasteiger partial charge in [0.25, 0.3) is 0 Å². The fourth-order valence-electron chi connectivity index (χ4n) is 2.08. The van der Waals surface area contributed by atoms with E-state index in [1.807, 2.05) is 26.0 Å². The second-order valence-corrected chi connectivity index (χ2v) is 4.76. The van der Waals surface area contributed by atoms with E-state index in [9.17, 15) is 9.90 Å². The van der Waals surface area contributed by atoms with Gasteiger partial charge in [-0.05, 0) is 31.1 Å². The number of methoxy groups -OCH3 is 1. The SMILES string of the molecule is C=CC(CC(=C)c1cc(C)cc(C)c1)(OC)C(=O)O. The number of benzene rings is 1. The summed E-state index contributed by atoms with van der Waals surface area (Å²) in [7, 11) is 1.37. The van der Waals surface area contributed by atoms with Gasteiger partial charge in [0, 0.05) is 13.5 Å². The van der Waals surface area contributed by atoms with E-state index in [0.29, 0.717) is 0 Å². The second-order valence-electron chi connectivity index (χ2n) is 4.76. The monoisotopic (exact) mass is 260 g/mol. The zero-order chi connectivity index (χ0) is 14.6. The highest BCUT2D eigenvalue weighted by molar-refractivity contribution is 5.83. The minimum atomic E-state index is -1.42. The molecule has 0 aliphatic rings. The molecule has 1 atom stereocenters. The van der Waals surface area contributed by atoms with Crippen LogP contribution in [0.4, 0.5) is 0 Å². The van der Waals surface area contributed by atoms with E-state index in [-0.39, 0.29) is 6.42 Å². The molecule has 0 bridgehead atoms. The van der Waals surface area contributed by atoms with E-state index in [4.69, 9.17) is 4.74 Å². The molecule has 0 saturated heterocycles. The standard InChI is InChI=1S/C16H20O3/c1-6-16(19-5,15(17)18)10-13(4)14-8-11(2)7-12(3)9-14/h6-9H,1,4,10H2,2-3,5H3,(H,17,18). The number of hydrogen-bond acceptors (Lipinski definition) is 2. The van der Waals surface area contributed by atoms with Crippen molar-refractivity contribution in [3.05, 3.63) is 54.1 Å². The molecule has 0 aliphatic heterocycles. The molecule has 0 aliphatic carbocycles. The second kappa shape index (κ2) is 5.85. The van der Waals surface area contributed by atoms with Crippen LogP contribution < -0.4 is 0 Å². The molecule has 0 heterocycles. The maximum absolute atomic E-state index is 11.3. The highest BCUT2D eigenvalue weighted by atomic mass is 16.5. The van der Waals surface area contributed by atoms with Crippen LogP contribution in [0.2, 0.25) is 0 Å². The summed E-state index contributed by atoms with van der Waals surface area (Å²) in [4.78, 5) is 11.3. The van der Waals surface area contributed by atoms with Gasteiger partial charge in [-0.2, -0.15) is 0 Å². The molecule has 102 valence electrons. The number of aryl methyl sites for hydroxylation is 2. The fourth-order valence-corrected chi connectivity index (χ4v) is 2.08. The van der Waals surface area contributed by atoms with Crippen LogP contribution in [0, 0.1) is 13.8 Å². The molecule has 1 unspecified atom stereocenters. The average molecular weight is 260 g/mol. The minimum Gasteiger partial charge on any atom is -0.479 e. The lowest BCUT2D eigenvalue weighted by molar-refractivity contribution is -0.155. The van der Waals surface area contributed by atoms with Crippen LogP contribution in [-0.2, 0) is 9.53 Å². The lowest BCUT2D eigenvalue weighted by atomic mass is 9.90. The molecule has 0 saturated carbocycles. The Kier molecular flexibility index (Phi) is 4.67. The first-order chi connectivity index (χ1) is 8.84. The predicted molar refractivity (Wildman–Crippen MR) is 77.1 cm³/mol. The third kappa shape index (κ3) is 3.32. The summed E-state index contributed by atoms with van der Waals surface area (Å²) < 4.78 is 5.12. The minimum absolute atomic E-state index is 0.172. The Hall–Kier alpha value is -1.87. The molecule has 0 fully saturated rings. The summed E-state index contributed by atoms with van der Waals surface area (Å²) in [6.07, 6.45) is 1.48. The Balaban J connectivity index is 3.07. The van der Waals surface area contributed by atoms with Gasteiger partial charge in [-0.3, -0.25) is 0 Å². The van der Waals surface area contributed by atoms with Gasteiger partial charge in [-0.15, -0.1) is 0 Å². The molecule has 1 N–H and O–H groups in total. The van der Waals surface area contributed by atoms with Gasteiger partial charge in [0.1, 0.15) is 0 Å². The molecule has 1 rings (SSSR count). The van der Waals surface area contributed by atoms with Gasteiger partial charge in [0.05, 0.1) is 0 Å². The molecule has 0 spiro atoms. The quantitative estimate of drug-likeness (QED) is 0.798. The molecule has 3 nitrogen and oxygen atoms in total. The molecule has 1 aromatic carbocycles. The van der Waals surface area contributed by atoms with Crippen molar-refractivity contribution in [1.82, 2.24) is 0 Å². The molecule has 1 aromatic rings. The third-order valence-electron chi connectivity index (χ3n) is 3.16. The summed E-state index contributed by atoms with van der Waals surface area (Å²) in [5.74, 6) is -1.06. The Morgan fingerprint density at radius 2 is 1.89 bits per heavy atom. The van der Waals surface area contributed by atoms with Gasteiger partial charge < -0.3 is 9.84 Å². The van der Waals surface area contributed by atoms with E-state index < -0.39 is 11.6 Å². The smallest absolute Gasteiger partial charge is 0.340 e. The number of carboxylic acids is 1. The molecule has 19 heavy (non-hydrogen) atoms. The van der Waals surface area contributed by atoms with Crippen LogP contribution in [0.15, 0.2) is 37.4 Å². The Labute approximate surface area is 114 Å². The normalized spacial score (nSPS) is 13.6. The third-order valence-corrected chi connectivity index (χ3v) is 3.16. The Morgan fingerprint density at radius 3 is 2.26 bits per heavy atom. The van der Waals surface area contributed by atoms with Crippen molar-refractivity contribution in [2.24, 2.45) is 0 Å². The zero-order valence-corrected chi connectivity index (χ0v) is 11.7. The van der Waals surface area contributed by atoms with Crippen LogP contribution in [-0.4, -0.2) is 23.8 Å². The first-order valence-electron chi connectivity index (χ1n) is 6.03. The van der Waals surface area contributed by atoms with Gasteiger partial charge in [-0.25, -0.2) is 4.79 Å². The largest absolute Gasteiger partial charge is 0.479 e. The molecular weight excluding hydrogens is 240 g/mol. The highest BCUT2D eigenvalue weighted by Gasteiger charge is 2.36. The van der Waals surface area contributed by atoms with Crippen LogP contribution in [0.5, 0.6) is 0 Å². The van der Waals surface area contributed by atoms with Crippen molar-refractivity contribution in [3.63, 3.8) is 0 Å². The topological polar surface area (TPSA) is 46.5 Å². The van der Waals surface area contributed by atoms with Gasteiger partial charge in [0.15, 0.2) is 5.60 Å². The van der Waals surface area contributed by atoms with E-state index in [2.05, 4.69) is 19.2 Å². The summed E-state index contributed by atoms with van der Waals surface area (Å²) in [6.45, 7) is 11.5. The number of ether oxygens (including phenoxy) is 1. The molecule has 0 amide bonds.